The SMILES string of the molecule is CC(C)(C)OCC(=O)Nc1ccccc1N1CCOCC1. The van der Waals surface area contributed by atoms with Gasteiger partial charge in [-0.3, -0.25) is 4.79 Å². The molecule has 0 aromatic heterocycles. The maximum atomic E-state index is 12.0. The van der Waals surface area contributed by atoms with E-state index in [1.165, 1.54) is 0 Å². The third-order valence-corrected chi connectivity index (χ3v) is 3.17. The number of carbonyl (C=O) groups is 1. The molecule has 0 saturated carbocycles. The Bertz CT molecular complexity index is 477. The van der Waals surface area contributed by atoms with Crippen LogP contribution in [-0.2, 0) is 14.3 Å². The summed E-state index contributed by atoms with van der Waals surface area (Å²) in [5, 5.41) is 2.93. The number of ether oxygens (including phenoxy) is 2. The molecule has 1 heterocycles. The summed E-state index contributed by atoms with van der Waals surface area (Å²) in [6, 6.07) is 7.83. The van der Waals surface area contributed by atoms with E-state index in [9.17, 15) is 4.79 Å². The van der Waals surface area contributed by atoms with Gasteiger partial charge in [0.05, 0.1) is 30.2 Å². The van der Waals surface area contributed by atoms with Crippen molar-refractivity contribution in [3.8, 4) is 0 Å². The molecule has 1 aliphatic rings. The van der Waals surface area contributed by atoms with Crippen LogP contribution in [0.3, 0.4) is 0 Å². The van der Waals surface area contributed by atoms with Gasteiger partial charge in [-0.1, -0.05) is 12.1 Å². The van der Waals surface area contributed by atoms with Gasteiger partial charge in [0.2, 0.25) is 5.91 Å². The van der Waals surface area contributed by atoms with E-state index in [-0.39, 0.29) is 18.1 Å². The minimum atomic E-state index is -0.318. The van der Waals surface area contributed by atoms with Crippen molar-refractivity contribution < 1.29 is 14.3 Å². The number of morpholine rings is 1. The maximum Gasteiger partial charge on any atom is 0.250 e. The molecule has 2 rings (SSSR count). The average Bonchev–Trinajstić information content (AvgIpc) is 2.46. The Hall–Kier alpha value is -1.59. The zero-order valence-electron chi connectivity index (χ0n) is 13.0. The minimum Gasteiger partial charge on any atom is -0.378 e. The van der Waals surface area contributed by atoms with Crippen LogP contribution in [0.25, 0.3) is 0 Å². The molecule has 1 aromatic carbocycles. The summed E-state index contributed by atoms with van der Waals surface area (Å²) >= 11 is 0. The number of benzene rings is 1. The summed E-state index contributed by atoms with van der Waals surface area (Å²) in [7, 11) is 0. The first-order chi connectivity index (χ1) is 9.96. The van der Waals surface area contributed by atoms with Crippen LogP contribution in [0, 0.1) is 0 Å². The number of carbonyl (C=O) groups excluding carboxylic acids is 1. The van der Waals surface area contributed by atoms with Crippen LogP contribution in [0.1, 0.15) is 20.8 Å². The summed E-state index contributed by atoms with van der Waals surface area (Å²) in [6.45, 7) is 8.97. The van der Waals surface area contributed by atoms with E-state index in [2.05, 4.69) is 10.2 Å². The van der Waals surface area contributed by atoms with Crippen LogP contribution >= 0.6 is 0 Å². The molecule has 5 nitrogen and oxygen atoms in total. The Morgan fingerprint density at radius 3 is 2.62 bits per heavy atom. The van der Waals surface area contributed by atoms with Gasteiger partial charge < -0.3 is 19.7 Å². The van der Waals surface area contributed by atoms with Crippen molar-refractivity contribution in [2.45, 2.75) is 26.4 Å². The van der Waals surface area contributed by atoms with Crippen molar-refractivity contribution in [3.63, 3.8) is 0 Å². The third-order valence-electron chi connectivity index (χ3n) is 3.17. The van der Waals surface area contributed by atoms with Gasteiger partial charge in [0.15, 0.2) is 0 Å². The molecule has 1 aromatic rings. The second-order valence-corrected chi connectivity index (χ2v) is 6.07. The van der Waals surface area contributed by atoms with Crippen LogP contribution in [0.15, 0.2) is 24.3 Å². The van der Waals surface area contributed by atoms with E-state index in [1.807, 2.05) is 45.0 Å². The highest BCUT2D eigenvalue weighted by atomic mass is 16.5. The number of hydrogen-bond donors (Lipinski definition) is 1. The second kappa shape index (κ2) is 6.91. The maximum absolute atomic E-state index is 12.0. The first-order valence-corrected chi connectivity index (χ1v) is 7.31. The van der Waals surface area contributed by atoms with E-state index in [0.29, 0.717) is 0 Å². The molecule has 116 valence electrons. The van der Waals surface area contributed by atoms with E-state index >= 15 is 0 Å². The number of para-hydroxylation sites is 2. The third kappa shape index (κ3) is 5.02. The molecule has 21 heavy (non-hydrogen) atoms. The van der Waals surface area contributed by atoms with Gasteiger partial charge in [-0.15, -0.1) is 0 Å². The van der Waals surface area contributed by atoms with Crippen LogP contribution in [-0.4, -0.2) is 44.4 Å². The van der Waals surface area contributed by atoms with Crippen molar-refractivity contribution in [3.05, 3.63) is 24.3 Å². The quantitative estimate of drug-likeness (QED) is 0.925. The first-order valence-electron chi connectivity index (χ1n) is 7.31. The molecule has 0 radical (unpaired) electrons. The van der Waals surface area contributed by atoms with Crippen molar-refractivity contribution in [1.29, 1.82) is 0 Å². The number of rotatable bonds is 4. The average molecular weight is 292 g/mol. The lowest BCUT2D eigenvalue weighted by Gasteiger charge is -2.30. The monoisotopic (exact) mass is 292 g/mol. The van der Waals surface area contributed by atoms with Crippen LogP contribution in [0.5, 0.6) is 0 Å². The van der Waals surface area contributed by atoms with Gasteiger partial charge in [0.1, 0.15) is 6.61 Å². The summed E-state index contributed by atoms with van der Waals surface area (Å²) in [5.41, 5.74) is 1.54. The lowest BCUT2D eigenvalue weighted by atomic mass is 10.2. The molecule has 0 bridgehead atoms. The highest BCUT2D eigenvalue weighted by Gasteiger charge is 2.17. The lowest BCUT2D eigenvalue weighted by Crippen LogP contribution is -2.37. The Balaban J connectivity index is 2.01. The number of amides is 1. The van der Waals surface area contributed by atoms with Gasteiger partial charge in [0, 0.05) is 13.1 Å². The van der Waals surface area contributed by atoms with Gasteiger partial charge in [-0.05, 0) is 32.9 Å². The summed E-state index contributed by atoms with van der Waals surface area (Å²) in [4.78, 5) is 14.2. The normalized spacial score (nSPS) is 15.9. The minimum absolute atomic E-state index is 0.0565. The van der Waals surface area contributed by atoms with Crippen molar-refractivity contribution in [1.82, 2.24) is 0 Å². The molecule has 0 atom stereocenters. The number of nitrogens with one attached hydrogen (secondary N) is 1. The smallest absolute Gasteiger partial charge is 0.250 e. The molecular weight excluding hydrogens is 268 g/mol. The number of anilines is 2. The highest BCUT2D eigenvalue weighted by Crippen LogP contribution is 2.26. The first kappa shape index (κ1) is 15.8. The summed E-state index contributed by atoms with van der Waals surface area (Å²) in [5.74, 6) is -0.134. The second-order valence-electron chi connectivity index (χ2n) is 6.07. The molecule has 1 N–H and O–H groups in total. The van der Waals surface area contributed by atoms with Gasteiger partial charge in [-0.25, -0.2) is 0 Å². The number of nitrogens with zero attached hydrogens (tertiary/aromatic N) is 1. The predicted octanol–water partition coefficient (Wildman–Crippen LogP) is 2.28. The zero-order valence-corrected chi connectivity index (χ0v) is 13.0. The van der Waals surface area contributed by atoms with Crippen LogP contribution in [0.2, 0.25) is 0 Å². The van der Waals surface area contributed by atoms with Crippen LogP contribution < -0.4 is 10.2 Å². The Labute approximate surface area is 126 Å². The topological polar surface area (TPSA) is 50.8 Å². The fraction of sp³-hybridized carbons (Fsp3) is 0.562. The molecule has 1 saturated heterocycles. The molecule has 0 aliphatic carbocycles. The van der Waals surface area contributed by atoms with E-state index in [4.69, 9.17) is 9.47 Å². The largest absolute Gasteiger partial charge is 0.378 e. The van der Waals surface area contributed by atoms with Gasteiger partial charge >= 0.3 is 0 Å². The van der Waals surface area contributed by atoms with Crippen molar-refractivity contribution in [2.24, 2.45) is 0 Å². The van der Waals surface area contributed by atoms with E-state index < -0.39 is 0 Å². The fourth-order valence-electron chi connectivity index (χ4n) is 2.13. The zero-order chi connectivity index (χ0) is 15.3. The lowest BCUT2D eigenvalue weighted by molar-refractivity contribution is -0.125. The van der Waals surface area contributed by atoms with Crippen molar-refractivity contribution >= 4 is 17.3 Å². The Morgan fingerprint density at radius 2 is 1.95 bits per heavy atom. The van der Waals surface area contributed by atoms with Crippen LogP contribution in [0.4, 0.5) is 11.4 Å². The molecule has 1 fully saturated rings. The number of hydrogen-bond acceptors (Lipinski definition) is 4. The molecule has 5 heteroatoms. The molecule has 1 aliphatic heterocycles. The Morgan fingerprint density at radius 1 is 1.29 bits per heavy atom. The summed E-state index contributed by atoms with van der Waals surface area (Å²) in [6.07, 6.45) is 0. The van der Waals surface area contributed by atoms with Crippen molar-refractivity contribution in [2.75, 3.05) is 43.1 Å². The molecular formula is C16H24N2O3. The van der Waals surface area contributed by atoms with Gasteiger partial charge in [0.25, 0.3) is 0 Å². The molecule has 0 unspecified atom stereocenters. The fourth-order valence-corrected chi connectivity index (χ4v) is 2.13. The Kier molecular flexibility index (Phi) is 5.20. The predicted molar refractivity (Wildman–Crippen MR) is 83.8 cm³/mol. The molecule has 1 amide bonds. The highest BCUT2D eigenvalue weighted by molar-refractivity contribution is 5.95. The summed E-state index contributed by atoms with van der Waals surface area (Å²) < 4.78 is 10.9. The molecule has 0 spiro atoms. The standard InChI is InChI=1S/C16H24N2O3/c1-16(2,3)21-12-15(19)17-13-6-4-5-7-14(13)18-8-10-20-11-9-18/h4-7H,8-12H2,1-3H3,(H,17,19). The van der Waals surface area contributed by atoms with E-state index in [1.54, 1.807) is 0 Å². The van der Waals surface area contributed by atoms with Gasteiger partial charge in [-0.2, -0.15) is 0 Å². The van der Waals surface area contributed by atoms with E-state index in [0.717, 1.165) is 37.7 Å².